The average Bonchev–Trinajstić information content (AvgIpc) is 3.23. The Bertz CT molecular complexity index is 710. The zero-order chi connectivity index (χ0) is 16.8. The zero-order valence-electron chi connectivity index (χ0n) is 13.0. The normalized spacial score (nSPS) is 30.1. The topological polar surface area (TPSA) is 86.7 Å². The van der Waals surface area contributed by atoms with Crippen molar-refractivity contribution in [3.05, 3.63) is 36.4 Å². The number of hydrogen-bond donors (Lipinski definition) is 2. The number of likely N-dealkylation sites (tertiary alicyclic amines) is 1. The molecular formula is C18H18N2O4. The van der Waals surface area contributed by atoms with Crippen molar-refractivity contribution in [1.29, 1.82) is 0 Å². The van der Waals surface area contributed by atoms with E-state index in [-0.39, 0.29) is 60.1 Å². The van der Waals surface area contributed by atoms with Gasteiger partial charge in [0.2, 0.25) is 17.7 Å². The molecule has 3 aliphatic rings. The Morgan fingerprint density at radius 3 is 2.25 bits per heavy atom. The van der Waals surface area contributed by atoms with Gasteiger partial charge in [-0.15, -0.1) is 0 Å². The molecule has 6 nitrogen and oxygen atoms in total. The minimum absolute atomic E-state index is 0.0700. The fourth-order valence-electron chi connectivity index (χ4n) is 4.17. The number of anilines is 1. The molecule has 1 aromatic carbocycles. The van der Waals surface area contributed by atoms with Gasteiger partial charge < -0.3 is 10.4 Å². The number of phenolic OH excluding ortho intramolecular Hbond substituents is 1. The van der Waals surface area contributed by atoms with Crippen molar-refractivity contribution in [2.24, 2.45) is 23.7 Å². The van der Waals surface area contributed by atoms with Gasteiger partial charge in [0, 0.05) is 18.7 Å². The largest absolute Gasteiger partial charge is 0.508 e. The summed E-state index contributed by atoms with van der Waals surface area (Å²) in [6.45, 7) is 0.119. The van der Waals surface area contributed by atoms with Gasteiger partial charge in [-0.2, -0.15) is 0 Å². The molecule has 0 radical (unpaired) electrons. The van der Waals surface area contributed by atoms with Crippen molar-refractivity contribution in [3.63, 3.8) is 0 Å². The van der Waals surface area contributed by atoms with E-state index in [1.807, 2.05) is 0 Å². The van der Waals surface area contributed by atoms with Gasteiger partial charge in [0.25, 0.3) is 0 Å². The summed E-state index contributed by atoms with van der Waals surface area (Å²) in [5, 5.41) is 11.9. The van der Waals surface area contributed by atoms with Crippen LogP contribution in [0.5, 0.6) is 5.75 Å². The van der Waals surface area contributed by atoms with Crippen LogP contribution in [-0.4, -0.2) is 34.3 Å². The molecule has 2 fully saturated rings. The maximum atomic E-state index is 12.5. The molecule has 4 rings (SSSR count). The number of benzene rings is 1. The van der Waals surface area contributed by atoms with Crippen molar-refractivity contribution in [2.75, 3.05) is 11.9 Å². The van der Waals surface area contributed by atoms with E-state index in [4.69, 9.17) is 0 Å². The number of allylic oxidation sites excluding steroid dienone is 2. The SMILES string of the molecule is O=C(CCN1C(=O)C2C3C=CC(C3)C2C1=O)Nc1ccc(O)cc1. The maximum Gasteiger partial charge on any atom is 0.233 e. The summed E-state index contributed by atoms with van der Waals surface area (Å²) in [5.41, 5.74) is 0.566. The Balaban J connectivity index is 1.36. The highest BCUT2D eigenvalue weighted by molar-refractivity contribution is 6.06. The molecule has 1 saturated heterocycles. The average molecular weight is 326 g/mol. The summed E-state index contributed by atoms with van der Waals surface area (Å²) in [6.07, 6.45) is 5.08. The number of carbonyl (C=O) groups excluding carboxylic acids is 3. The number of fused-ring (bicyclic) bond motifs is 5. The molecule has 2 bridgehead atoms. The Kier molecular flexibility index (Phi) is 3.40. The van der Waals surface area contributed by atoms with E-state index in [0.717, 1.165) is 6.42 Å². The van der Waals surface area contributed by atoms with Crippen LogP contribution >= 0.6 is 0 Å². The summed E-state index contributed by atoms with van der Waals surface area (Å²) in [5.74, 6) is -0.450. The predicted octanol–water partition coefficient (Wildman–Crippen LogP) is 1.53. The number of rotatable bonds is 4. The smallest absolute Gasteiger partial charge is 0.233 e. The molecule has 0 spiro atoms. The zero-order valence-corrected chi connectivity index (χ0v) is 13.0. The van der Waals surface area contributed by atoms with Crippen LogP contribution in [0, 0.1) is 23.7 Å². The molecule has 1 heterocycles. The molecule has 1 aromatic rings. The molecule has 1 saturated carbocycles. The van der Waals surface area contributed by atoms with E-state index in [9.17, 15) is 19.5 Å². The second-order valence-electron chi connectivity index (χ2n) is 6.67. The van der Waals surface area contributed by atoms with Gasteiger partial charge in [-0.25, -0.2) is 0 Å². The molecular weight excluding hydrogens is 308 g/mol. The third-order valence-electron chi connectivity index (χ3n) is 5.28. The number of hydrogen-bond acceptors (Lipinski definition) is 4. The van der Waals surface area contributed by atoms with Crippen LogP contribution in [0.15, 0.2) is 36.4 Å². The Morgan fingerprint density at radius 2 is 1.67 bits per heavy atom. The Hall–Kier alpha value is -2.63. The van der Waals surface area contributed by atoms with Crippen LogP contribution in [0.3, 0.4) is 0 Å². The predicted molar refractivity (Wildman–Crippen MR) is 85.8 cm³/mol. The quantitative estimate of drug-likeness (QED) is 0.499. The molecule has 4 atom stereocenters. The van der Waals surface area contributed by atoms with E-state index >= 15 is 0 Å². The molecule has 6 heteroatoms. The van der Waals surface area contributed by atoms with Crippen LogP contribution in [0.4, 0.5) is 5.69 Å². The van der Waals surface area contributed by atoms with Crippen molar-refractivity contribution in [1.82, 2.24) is 4.90 Å². The van der Waals surface area contributed by atoms with Gasteiger partial charge in [-0.1, -0.05) is 12.2 Å². The lowest BCUT2D eigenvalue weighted by molar-refractivity contribution is -0.140. The van der Waals surface area contributed by atoms with E-state index in [1.165, 1.54) is 17.0 Å². The monoisotopic (exact) mass is 326 g/mol. The summed E-state index contributed by atoms with van der Waals surface area (Å²) in [4.78, 5) is 38.3. The number of amides is 3. The van der Waals surface area contributed by atoms with Gasteiger partial charge in [0.05, 0.1) is 11.8 Å². The number of nitrogens with zero attached hydrogens (tertiary/aromatic N) is 1. The molecule has 2 N–H and O–H groups in total. The highest BCUT2D eigenvalue weighted by Gasteiger charge is 2.58. The van der Waals surface area contributed by atoms with Crippen LogP contribution in [0.1, 0.15) is 12.8 Å². The van der Waals surface area contributed by atoms with Crippen molar-refractivity contribution in [2.45, 2.75) is 12.8 Å². The van der Waals surface area contributed by atoms with Gasteiger partial charge >= 0.3 is 0 Å². The van der Waals surface area contributed by atoms with Gasteiger partial charge in [-0.05, 0) is 42.5 Å². The second-order valence-corrected chi connectivity index (χ2v) is 6.67. The molecule has 1 aliphatic heterocycles. The van der Waals surface area contributed by atoms with Crippen molar-refractivity contribution < 1.29 is 19.5 Å². The first-order valence-electron chi connectivity index (χ1n) is 8.17. The summed E-state index contributed by atoms with van der Waals surface area (Å²) in [6, 6.07) is 6.14. The van der Waals surface area contributed by atoms with Crippen LogP contribution < -0.4 is 5.32 Å². The Morgan fingerprint density at radius 1 is 1.08 bits per heavy atom. The molecule has 3 amide bonds. The lowest BCUT2D eigenvalue weighted by Gasteiger charge is -2.16. The van der Waals surface area contributed by atoms with E-state index in [2.05, 4.69) is 17.5 Å². The Labute approximate surface area is 139 Å². The fourth-order valence-corrected chi connectivity index (χ4v) is 4.17. The van der Waals surface area contributed by atoms with Crippen LogP contribution in [0.2, 0.25) is 0 Å². The summed E-state index contributed by atoms with van der Waals surface area (Å²) in [7, 11) is 0. The van der Waals surface area contributed by atoms with Crippen LogP contribution in [-0.2, 0) is 14.4 Å². The molecule has 0 aromatic heterocycles. The highest BCUT2D eigenvalue weighted by Crippen LogP contribution is 2.52. The number of phenols is 1. The number of nitrogens with one attached hydrogen (secondary N) is 1. The molecule has 24 heavy (non-hydrogen) atoms. The van der Waals surface area contributed by atoms with Crippen molar-refractivity contribution >= 4 is 23.4 Å². The lowest BCUT2D eigenvalue weighted by atomic mass is 9.85. The highest BCUT2D eigenvalue weighted by atomic mass is 16.3. The minimum atomic E-state index is -0.264. The van der Waals surface area contributed by atoms with E-state index in [0.29, 0.717) is 5.69 Å². The number of imide groups is 1. The number of aromatic hydroxyl groups is 1. The first kappa shape index (κ1) is 14.9. The van der Waals surface area contributed by atoms with Crippen LogP contribution in [0.25, 0.3) is 0 Å². The van der Waals surface area contributed by atoms with Gasteiger partial charge in [-0.3, -0.25) is 19.3 Å². The maximum absolute atomic E-state index is 12.5. The van der Waals surface area contributed by atoms with E-state index < -0.39 is 0 Å². The summed E-state index contributed by atoms with van der Waals surface area (Å²) >= 11 is 0. The molecule has 124 valence electrons. The van der Waals surface area contributed by atoms with Gasteiger partial charge in [0.1, 0.15) is 5.75 Å². The second kappa shape index (κ2) is 5.47. The third-order valence-corrected chi connectivity index (χ3v) is 5.28. The number of carbonyl (C=O) groups is 3. The first-order chi connectivity index (χ1) is 11.5. The van der Waals surface area contributed by atoms with Crippen molar-refractivity contribution in [3.8, 4) is 5.75 Å². The third kappa shape index (κ3) is 2.29. The first-order valence-corrected chi connectivity index (χ1v) is 8.17. The molecule has 2 aliphatic carbocycles. The summed E-state index contributed by atoms with van der Waals surface area (Å²) < 4.78 is 0. The van der Waals surface area contributed by atoms with Gasteiger partial charge in [0.15, 0.2) is 0 Å². The lowest BCUT2D eigenvalue weighted by Crippen LogP contribution is -2.35. The fraction of sp³-hybridized carbons (Fsp3) is 0.389. The van der Waals surface area contributed by atoms with E-state index in [1.54, 1.807) is 12.1 Å². The molecule has 4 unspecified atom stereocenters. The standard InChI is InChI=1S/C18H18N2O4/c21-13-5-3-12(4-6-13)19-14(22)7-8-20-17(23)15-10-1-2-11(9-10)16(15)18(20)24/h1-6,10-11,15-16,21H,7-9H2,(H,19,22). The minimum Gasteiger partial charge on any atom is -0.508 e.